The van der Waals surface area contributed by atoms with Crippen molar-refractivity contribution < 1.29 is 22.7 Å². The molecular weight excluding hydrogens is 575 g/mol. The van der Waals surface area contributed by atoms with Gasteiger partial charge in [0.1, 0.15) is 5.75 Å². The first-order chi connectivity index (χ1) is 21.2. The van der Waals surface area contributed by atoms with Crippen LogP contribution in [0.5, 0.6) is 5.75 Å². The van der Waals surface area contributed by atoms with Crippen LogP contribution in [0.2, 0.25) is 0 Å². The summed E-state index contributed by atoms with van der Waals surface area (Å²) in [6.45, 7) is 0. The Morgan fingerprint density at radius 3 is 2.59 bits per heavy atom. The molecule has 0 aliphatic heterocycles. The monoisotopic (exact) mass is 601 g/mol. The molecule has 0 bridgehead atoms. The number of alkyl halides is 3. The van der Waals surface area contributed by atoms with Crippen LogP contribution in [-0.4, -0.2) is 43.6 Å². The fourth-order valence-electron chi connectivity index (χ4n) is 4.77. The number of benzene rings is 2. The van der Waals surface area contributed by atoms with Gasteiger partial charge in [0.15, 0.2) is 5.65 Å². The molecule has 6 rings (SSSR count). The molecular formula is C31H26F3N7O3. The maximum absolute atomic E-state index is 13.6. The molecule has 0 unspecified atom stereocenters. The van der Waals surface area contributed by atoms with E-state index in [9.17, 15) is 22.8 Å². The zero-order valence-electron chi connectivity index (χ0n) is 23.4. The van der Waals surface area contributed by atoms with Crippen LogP contribution in [0.4, 0.5) is 24.8 Å². The number of nitrogens with zero attached hydrogens (tertiary/aromatic N) is 5. The van der Waals surface area contributed by atoms with Gasteiger partial charge in [-0.05, 0) is 62.1 Å². The van der Waals surface area contributed by atoms with Gasteiger partial charge < -0.3 is 15.4 Å². The standard InChI is InChI=1S/C31H26F3N7O3/c1-44-24-15-22(37-28(42)18-5-4-6-19(13-18)31(32,33)34)14-23(16-24)41-26(11-10-20-7-2-3-12-35-20)25-17-36-29(38-21-8-9-21)39-27(25)40-30(41)43/h2-7,12-17,21H,8-11H2,1H3,(H,37,42)(H,38,39,40,43). The van der Waals surface area contributed by atoms with E-state index in [4.69, 9.17) is 4.74 Å². The smallest absolute Gasteiger partial charge is 0.416 e. The lowest BCUT2D eigenvalue weighted by atomic mass is 10.1. The van der Waals surface area contributed by atoms with Gasteiger partial charge in [0, 0.05) is 53.2 Å². The van der Waals surface area contributed by atoms with Crippen molar-refractivity contribution in [3.8, 4) is 11.4 Å². The number of anilines is 2. The lowest BCUT2D eigenvalue weighted by Crippen LogP contribution is -2.26. The third kappa shape index (κ3) is 6.36. The second-order valence-corrected chi connectivity index (χ2v) is 10.3. The number of halogens is 3. The Morgan fingerprint density at radius 2 is 1.86 bits per heavy atom. The quantitative estimate of drug-likeness (QED) is 0.236. The number of methoxy groups -OCH3 is 1. The molecule has 13 heteroatoms. The molecule has 2 aromatic carbocycles. The molecule has 1 amide bonds. The van der Waals surface area contributed by atoms with Crippen LogP contribution < -0.4 is 21.1 Å². The summed E-state index contributed by atoms with van der Waals surface area (Å²) in [4.78, 5) is 44.2. The molecule has 3 aromatic heterocycles. The average Bonchev–Trinajstić information content (AvgIpc) is 3.83. The number of aromatic nitrogens is 5. The van der Waals surface area contributed by atoms with E-state index >= 15 is 0 Å². The first kappa shape index (κ1) is 28.8. The number of aryl methyl sites for hydroxylation is 2. The Bertz CT molecular complexity index is 1910. The predicted octanol–water partition coefficient (Wildman–Crippen LogP) is 5.21. The van der Waals surface area contributed by atoms with Gasteiger partial charge in [0.25, 0.3) is 5.91 Å². The van der Waals surface area contributed by atoms with Crippen molar-refractivity contribution in [2.75, 3.05) is 17.7 Å². The van der Waals surface area contributed by atoms with Crippen LogP contribution in [0.15, 0.2) is 77.9 Å². The third-order valence-corrected chi connectivity index (χ3v) is 7.09. The van der Waals surface area contributed by atoms with Gasteiger partial charge in [0.05, 0.1) is 23.7 Å². The number of hydrogen-bond acceptors (Lipinski definition) is 8. The Labute approximate surface area is 249 Å². The molecule has 2 N–H and O–H groups in total. The Morgan fingerprint density at radius 1 is 1.02 bits per heavy atom. The van der Waals surface area contributed by atoms with Crippen LogP contribution in [0.25, 0.3) is 16.7 Å². The summed E-state index contributed by atoms with van der Waals surface area (Å²) in [6, 6.07) is 14.6. The zero-order valence-corrected chi connectivity index (χ0v) is 23.4. The topological polar surface area (TPSA) is 124 Å². The second kappa shape index (κ2) is 11.7. The minimum atomic E-state index is -4.60. The Hall–Kier alpha value is -5.33. The number of hydrogen-bond donors (Lipinski definition) is 2. The largest absolute Gasteiger partial charge is 0.497 e. The zero-order chi connectivity index (χ0) is 30.8. The molecule has 0 atom stereocenters. The second-order valence-electron chi connectivity index (χ2n) is 10.3. The molecule has 1 fully saturated rings. The summed E-state index contributed by atoms with van der Waals surface area (Å²) in [7, 11) is 1.42. The van der Waals surface area contributed by atoms with Gasteiger partial charge in [0.2, 0.25) is 5.95 Å². The molecule has 0 radical (unpaired) electrons. The maximum Gasteiger partial charge on any atom is 0.416 e. The lowest BCUT2D eigenvalue weighted by Gasteiger charge is -2.17. The van der Waals surface area contributed by atoms with Gasteiger partial charge in [-0.25, -0.2) is 9.78 Å². The molecule has 10 nitrogen and oxygen atoms in total. The molecule has 1 aliphatic rings. The van der Waals surface area contributed by atoms with Gasteiger partial charge in [-0.2, -0.15) is 23.1 Å². The number of ether oxygens (including phenoxy) is 1. The molecule has 224 valence electrons. The Balaban J connectivity index is 1.41. The molecule has 3 heterocycles. The molecule has 44 heavy (non-hydrogen) atoms. The van der Waals surface area contributed by atoms with Crippen molar-refractivity contribution >= 4 is 28.6 Å². The van der Waals surface area contributed by atoms with Gasteiger partial charge >= 0.3 is 11.9 Å². The molecule has 0 spiro atoms. The van der Waals surface area contributed by atoms with Crippen LogP contribution >= 0.6 is 0 Å². The maximum atomic E-state index is 13.6. The number of rotatable bonds is 9. The first-order valence-corrected chi connectivity index (χ1v) is 13.8. The van der Waals surface area contributed by atoms with E-state index in [2.05, 4.69) is 30.6 Å². The number of nitrogens with one attached hydrogen (secondary N) is 2. The van der Waals surface area contributed by atoms with E-state index in [1.807, 2.05) is 18.2 Å². The van der Waals surface area contributed by atoms with E-state index in [1.165, 1.54) is 29.9 Å². The minimum Gasteiger partial charge on any atom is -0.497 e. The highest BCUT2D eigenvalue weighted by molar-refractivity contribution is 6.04. The van der Waals surface area contributed by atoms with Crippen LogP contribution in [-0.2, 0) is 19.0 Å². The summed E-state index contributed by atoms with van der Waals surface area (Å²) in [5.74, 6) is -0.0789. The number of amides is 1. The van der Waals surface area contributed by atoms with Crippen LogP contribution in [0, 0.1) is 0 Å². The van der Waals surface area contributed by atoms with Crippen molar-refractivity contribution in [2.45, 2.75) is 37.9 Å². The summed E-state index contributed by atoms with van der Waals surface area (Å²) in [6.07, 6.45) is 1.61. The first-order valence-electron chi connectivity index (χ1n) is 13.8. The van der Waals surface area contributed by atoms with Gasteiger partial charge in [-0.15, -0.1) is 0 Å². The molecule has 1 saturated carbocycles. The SMILES string of the molecule is COc1cc(NC(=O)c2cccc(C(F)(F)F)c2)cc(-n2c(CCc3ccccn3)c3cnc(NC4CC4)nc3nc2=O)c1. The normalized spacial score (nSPS) is 13.1. The fraction of sp³-hybridized carbons (Fsp3) is 0.226. The summed E-state index contributed by atoms with van der Waals surface area (Å²) >= 11 is 0. The summed E-state index contributed by atoms with van der Waals surface area (Å²) in [5, 5.41) is 6.39. The highest BCUT2D eigenvalue weighted by Gasteiger charge is 2.31. The third-order valence-electron chi connectivity index (χ3n) is 7.09. The van der Waals surface area contributed by atoms with E-state index in [1.54, 1.807) is 18.5 Å². The predicted molar refractivity (Wildman–Crippen MR) is 157 cm³/mol. The van der Waals surface area contributed by atoms with E-state index in [0.29, 0.717) is 47.3 Å². The van der Waals surface area contributed by atoms with Crippen LogP contribution in [0.3, 0.4) is 0 Å². The van der Waals surface area contributed by atoms with Crippen molar-refractivity contribution in [1.29, 1.82) is 0 Å². The van der Waals surface area contributed by atoms with Gasteiger partial charge in [-0.3, -0.25) is 14.3 Å². The van der Waals surface area contributed by atoms with Crippen molar-refractivity contribution in [3.63, 3.8) is 0 Å². The fourth-order valence-corrected chi connectivity index (χ4v) is 4.77. The molecule has 5 aromatic rings. The van der Waals surface area contributed by atoms with E-state index < -0.39 is 23.3 Å². The highest BCUT2D eigenvalue weighted by atomic mass is 19.4. The highest BCUT2D eigenvalue weighted by Crippen LogP contribution is 2.31. The number of pyridine rings is 1. The molecule has 0 saturated heterocycles. The number of carbonyl (C=O) groups is 1. The van der Waals surface area contributed by atoms with E-state index in [0.717, 1.165) is 36.7 Å². The summed E-state index contributed by atoms with van der Waals surface area (Å²) < 4.78 is 46.5. The van der Waals surface area contributed by atoms with Crippen molar-refractivity contribution in [1.82, 2.24) is 24.5 Å². The van der Waals surface area contributed by atoms with Crippen LogP contribution in [0.1, 0.15) is 40.2 Å². The summed E-state index contributed by atoms with van der Waals surface area (Å²) in [5.41, 5.74) is 0.382. The number of carbonyl (C=O) groups excluding carboxylic acids is 1. The number of fused-ring (bicyclic) bond motifs is 1. The van der Waals surface area contributed by atoms with Gasteiger partial charge in [-0.1, -0.05) is 12.1 Å². The average molecular weight is 602 g/mol. The van der Waals surface area contributed by atoms with Crippen molar-refractivity contribution in [3.05, 3.63) is 106 Å². The van der Waals surface area contributed by atoms with E-state index in [-0.39, 0.29) is 16.9 Å². The Kier molecular flexibility index (Phi) is 7.68. The minimum absolute atomic E-state index is 0.183. The lowest BCUT2D eigenvalue weighted by molar-refractivity contribution is -0.137. The van der Waals surface area contributed by atoms with Crippen molar-refractivity contribution in [2.24, 2.45) is 0 Å². The molecule has 1 aliphatic carbocycles.